The van der Waals surface area contributed by atoms with E-state index in [2.05, 4.69) is 4.98 Å². The second-order valence-corrected chi connectivity index (χ2v) is 8.21. The highest BCUT2D eigenvalue weighted by Gasteiger charge is 2.38. The van der Waals surface area contributed by atoms with Gasteiger partial charge < -0.3 is 15.0 Å². The maximum absolute atomic E-state index is 13.2. The number of nitrogens with zero attached hydrogens (tertiary/aromatic N) is 1. The number of carboxylic acid groups (broad SMARTS) is 1. The maximum Gasteiger partial charge on any atom is 0.339 e. The summed E-state index contributed by atoms with van der Waals surface area (Å²) in [4.78, 5) is 29.9. The van der Waals surface area contributed by atoms with Gasteiger partial charge in [0, 0.05) is 29.4 Å². The van der Waals surface area contributed by atoms with Gasteiger partial charge in [-0.2, -0.15) is 0 Å². The van der Waals surface area contributed by atoms with E-state index >= 15 is 0 Å². The molecule has 0 fully saturated rings. The summed E-state index contributed by atoms with van der Waals surface area (Å²) in [6.45, 7) is 4.42. The molecule has 146 valence electrons. The number of aromatic nitrogens is 1. The van der Waals surface area contributed by atoms with Gasteiger partial charge in [0.1, 0.15) is 5.82 Å². The molecule has 2 aromatic rings. The number of aromatic amines is 1. The zero-order chi connectivity index (χ0) is 20.1. The predicted molar refractivity (Wildman–Crippen MR) is 104 cm³/mol. The van der Waals surface area contributed by atoms with Crippen LogP contribution in [0.4, 0.5) is 4.39 Å². The zero-order valence-electron chi connectivity index (χ0n) is 16.0. The Labute approximate surface area is 162 Å². The van der Waals surface area contributed by atoms with Crippen molar-refractivity contribution in [3.05, 3.63) is 64.4 Å². The van der Waals surface area contributed by atoms with E-state index in [0.717, 1.165) is 36.9 Å². The predicted octanol–water partition coefficient (Wildman–Crippen LogP) is 3.89. The van der Waals surface area contributed by atoms with E-state index in [1.54, 1.807) is 0 Å². The molecule has 0 saturated heterocycles. The molecule has 2 aliphatic rings. The number of H-pyrrole nitrogens is 1. The number of fused-ring (bicyclic) bond motifs is 3. The van der Waals surface area contributed by atoms with E-state index in [1.807, 2.05) is 13.8 Å². The van der Waals surface area contributed by atoms with Gasteiger partial charge in [-0.05, 0) is 61.1 Å². The fourth-order valence-electron chi connectivity index (χ4n) is 4.45. The number of halogens is 1. The Kier molecular flexibility index (Phi) is 4.37. The molecule has 0 unspecified atom stereocenters. The monoisotopic (exact) mass is 382 g/mol. The van der Waals surface area contributed by atoms with Gasteiger partial charge in [0.05, 0.1) is 11.3 Å². The number of aryl methyl sites for hydroxylation is 1. The van der Waals surface area contributed by atoms with E-state index < -0.39 is 17.2 Å². The molecule has 0 bridgehead atoms. The maximum atomic E-state index is 13.2. The Balaban J connectivity index is 1.83. The molecule has 1 amide bonds. The van der Waals surface area contributed by atoms with Crippen molar-refractivity contribution >= 4 is 17.4 Å². The molecule has 2 heterocycles. The largest absolute Gasteiger partial charge is 0.478 e. The van der Waals surface area contributed by atoms with E-state index in [1.165, 1.54) is 40.9 Å². The van der Waals surface area contributed by atoms with Gasteiger partial charge in [-0.3, -0.25) is 4.79 Å². The van der Waals surface area contributed by atoms with Crippen LogP contribution in [0, 0.1) is 5.82 Å². The summed E-state index contributed by atoms with van der Waals surface area (Å²) in [5.41, 5.74) is 3.92. The number of aliphatic carboxylic acids is 1. The average molecular weight is 382 g/mol. The first-order valence-corrected chi connectivity index (χ1v) is 9.54. The SMILES string of the molecule is CC1(C)CN(C(=O)c2ccc(F)cc2)C=C(C(=O)O)c2[nH]c3c(c21)CCCC3. The van der Waals surface area contributed by atoms with Gasteiger partial charge in [-0.1, -0.05) is 13.8 Å². The van der Waals surface area contributed by atoms with Crippen LogP contribution in [-0.2, 0) is 23.1 Å². The van der Waals surface area contributed by atoms with Crippen LogP contribution in [0.2, 0.25) is 0 Å². The van der Waals surface area contributed by atoms with Crippen molar-refractivity contribution in [1.29, 1.82) is 0 Å². The minimum Gasteiger partial charge on any atom is -0.478 e. The van der Waals surface area contributed by atoms with Crippen molar-refractivity contribution in [3.63, 3.8) is 0 Å². The van der Waals surface area contributed by atoms with E-state index in [4.69, 9.17) is 0 Å². The summed E-state index contributed by atoms with van der Waals surface area (Å²) < 4.78 is 13.2. The van der Waals surface area contributed by atoms with Crippen molar-refractivity contribution in [1.82, 2.24) is 9.88 Å². The Morgan fingerprint density at radius 1 is 1.14 bits per heavy atom. The molecule has 1 aliphatic heterocycles. The molecule has 1 aliphatic carbocycles. The van der Waals surface area contributed by atoms with Crippen LogP contribution in [-0.4, -0.2) is 33.4 Å². The number of hydrogen-bond acceptors (Lipinski definition) is 2. The summed E-state index contributed by atoms with van der Waals surface area (Å²) in [5, 5.41) is 9.87. The van der Waals surface area contributed by atoms with E-state index in [-0.39, 0.29) is 11.5 Å². The van der Waals surface area contributed by atoms with Crippen molar-refractivity contribution in [2.75, 3.05) is 6.54 Å². The summed E-state index contributed by atoms with van der Waals surface area (Å²) in [7, 11) is 0. The lowest BCUT2D eigenvalue weighted by molar-refractivity contribution is -0.130. The lowest BCUT2D eigenvalue weighted by Gasteiger charge is -2.31. The highest BCUT2D eigenvalue weighted by Crippen LogP contribution is 2.41. The summed E-state index contributed by atoms with van der Waals surface area (Å²) >= 11 is 0. The number of carbonyl (C=O) groups is 2. The van der Waals surface area contributed by atoms with Crippen LogP contribution in [0.1, 0.15) is 59.6 Å². The molecule has 0 radical (unpaired) electrons. The van der Waals surface area contributed by atoms with Crippen molar-refractivity contribution in [2.24, 2.45) is 0 Å². The van der Waals surface area contributed by atoms with Crippen molar-refractivity contribution < 1.29 is 19.1 Å². The molecule has 6 heteroatoms. The molecule has 1 aromatic heterocycles. The first kappa shape index (κ1) is 18.5. The highest BCUT2D eigenvalue weighted by atomic mass is 19.1. The minimum atomic E-state index is -1.07. The van der Waals surface area contributed by atoms with Crippen LogP contribution in [0.5, 0.6) is 0 Å². The smallest absolute Gasteiger partial charge is 0.339 e. The van der Waals surface area contributed by atoms with Crippen molar-refractivity contribution in [2.45, 2.75) is 44.9 Å². The zero-order valence-corrected chi connectivity index (χ0v) is 16.0. The third kappa shape index (κ3) is 3.03. The first-order valence-electron chi connectivity index (χ1n) is 9.54. The number of carbonyl (C=O) groups excluding carboxylic acids is 1. The highest BCUT2D eigenvalue weighted by molar-refractivity contribution is 6.16. The van der Waals surface area contributed by atoms with Crippen molar-refractivity contribution in [3.8, 4) is 0 Å². The molecule has 4 rings (SSSR count). The molecule has 2 N–H and O–H groups in total. The third-order valence-electron chi connectivity index (χ3n) is 5.67. The second-order valence-electron chi connectivity index (χ2n) is 8.21. The van der Waals surface area contributed by atoms with Crippen LogP contribution >= 0.6 is 0 Å². The number of nitrogens with one attached hydrogen (secondary N) is 1. The van der Waals surface area contributed by atoms with Gasteiger partial charge in [0.25, 0.3) is 5.91 Å². The molecule has 28 heavy (non-hydrogen) atoms. The Morgan fingerprint density at radius 2 is 1.82 bits per heavy atom. The molecule has 1 aromatic carbocycles. The fourth-order valence-corrected chi connectivity index (χ4v) is 4.45. The minimum absolute atomic E-state index is 0.0884. The average Bonchev–Trinajstić information content (AvgIpc) is 2.99. The topological polar surface area (TPSA) is 73.4 Å². The lowest BCUT2D eigenvalue weighted by Crippen LogP contribution is -2.37. The van der Waals surface area contributed by atoms with Gasteiger partial charge >= 0.3 is 5.97 Å². The number of amides is 1. The van der Waals surface area contributed by atoms with Gasteiger partial charge in [0.2, 0.25) is 0 Å². The molecular weight excluding hydrogens is 359 g/mol. The molecule has 0 spiro atoms. The van der Waals surface area contributed by atoms with Gasteiger partial charge in [-0.15, -0.1) is 0 Å². The fraction of sp³-hybridized carbons (Fsp3) is 0.364. The quantitative estimate of drug-likeness (QED) is 0.828. The van der Waals surface area contributed by atoms with Gasteiger partial charge in [0.15, 0.2) is 0 Å². The van der Waals surface area contributed by atoms with E-state index in [9.17, 15) is 19.1 Å². The van der Waals surface area contributed by atoms with Crippen LogP contribution in [0.25, 0.3) is 5.57 Å². The Morgan fingerprint density at radius 3 is 2.50 bits per heavy atom. The van der Waals surface area contributed by atoms with Crippen LogP contribution in [0.15, 0.2) is 30.5 Å². The van der Waals surface area contributed by atoms with E-state index in [0.29, 0.717) is 17.8 Å². The summed E-state index contributed by atoms with van der Waals surface area (Å²) in [6.07, 6.45) is 5.43. The normalized spacial score (nSPS) is 18.0. The number of hydrogen-bond donors (Lipinski definition) is 2. The third-order valence-corrected chi connectivity index (χ3v) is 5.67. The number of benzene rings is 1. The standard InChI is InChI=1S/C22H23FN2O3/c1-22(2)12-25(20(26)13-7-9-14(23)10-8-13)11-16(21(27)28)19-18(22)15-5-3-4-6-17(15)24-19/h7-11,24H,3-6,12H2,1-2H3,(H,27,28). The molecule has 0 atom stereocenters. The summed E-state index contributed by atoms with van der Waals surface area (Å²) in [6, 6.07) is 5.31. The summed E-state index contributed by atoms with van der Waals surface area (Å²) in [5.74, 6) is -1.84. The number of carboxylic acids is 1. The molecular formula is C22H23FN2O3. The number of rotatable bonds is 2. The molecule has 5 nitrogen and oxygen atoms in total. The first-order chi connectivity index (χ1) is 13.3. The van der Waals surface area contributed by atoms with Crippen LogP contribution < -0.4 is 0 Å². The second kappa shape index (κ2) is 6.62. The molecule has 0 saturated carbocycles. The van der Waals surface area contributed by atoms with Gasteiger partial charge in [-0.25, -0.2) is 9.18 Å². The Bertz CT molecular complexity index is 986. The van der Waals surface area contributed by atoms with Crippen LogP contribution in [0.3, 0.4) is 0 Å². The lowest BCUT2D eigenvalue weighted by atomic mass is 9.78. The Hall–Kier alpha value is -2.89.